The zero-order valence-electron chi connectivity index (χ0n) is 23.1. The molecule has 0 radical (unpaired) electrons. The lowest BCUT2D eigenvalue weighted by Crippen LogP contribution is -2.48. The van der Waals surface area contributed by atoms with Gasteiger partial charge in [-0.3, -0.25) is 24.2 Å². The van der Waals surface area contributed by atoms with Gasteiger partial charge in [-0.2, -0.15) is 0 Å². The smallest absolute Gasteiger partial charge is 0.251 e. The lowest BCUT2D eigenvalue weighted by molar-refractivity contribution is -0.127. The number of ketones is 1. The van der Waals surface area contributed by atoms with Crippen LogP contribution in [-0.2, 0) is 20.8 Å². The number of rotatable bonds is 13. The molecule has 0 bridgehead atoms. The van der Waals surface area contributed by atoms with Crippen molar-refractivity contribution in [3.8, 4) is 11.3 Å². The van der Waals surface area contributed by atoms with Crippen molar-refractivity contribution in [1.82, 2.24) is 20.9 Å². The van der Waals surface area contributed by atoms with Crippen LogP contribution in [0.4, 0.5) is 0 Å². The van der Waals surface area contributed by atoms with Crippen molar-refractivity contribution in [3.63, 3.8) is 0 Å². The zero-order valence-corrected chi connectivity index (χ0v) is 23.1. The molecule has 3 aromatic carbocycles. The maximum absolute atomic E-state index is 12.9. The number of nitrogens with one attached hydrogen (secondary N) is 3. The van der Waals surface area contributed by atoms with Crippen LogP contribution in [0.2, 0.25) is 0 Å². The Morgan fingerprint density at radius 1 is 0.805 bits per heavy atom. The fourth-order valence-corrected chi connectivity index (χ4v) is 4.44. The summed E-state index contributed by atoms with van der Waals surface area (Å²) < 4.78 is 0. The van der Waals surface area contributed by atoms with Gasteiger partial charge >= 0.3 is 0 Å². The molecule has 4 aromatic rings. The standard InChI is InChI=1S/C33H34N4O4/c1-2-3-13-30(37-32(40)27-16-15-24-10-4-5-11-25(24)20-27)33(41)36-22-28(38)21-35-31(39)19-23-9-8-12-26(18-23)29-14-6-7-17-34-29/h4-12,14-18,20,30H,2-3,13,19,21-22H2,1H3,(H,35,39)(H,36,41)(H,37,40)/t30-/m0/s1. The molecule has 41 heavy (non-hydrogen) atoms. The van der Waals surface area contributed by atoms with Gasteiger partial charge in [-0.1, -0.05) is 74.4 Å². The SMILES string of the molecule is CCCC[C@H](NC(=O)c1ccc2ccccc2c1)C(=O)NCC(=O)CNC(=O)Cc1cccc(-c2ccccn2)c1. The highest BCUT2D eigenvalue weighted by Gasteiger charge is 2.22. The van der Waals surface area contributed by atoms with Gasteiger partial charge in [0, 0.05) is 17.3 Å². The third-order valence-electron chi connectivity index (χ3n) is 6.67. The number of hydrogen-bond acceptors (Lipinski definition) is 5. The number of benzene rings is 3. The number of Topliss-reactive ketones (excluding diaryl/α,β-unsaturated/α-hetero) is 1. The van der Waals surface area contributed by atoms with Crippen LogP contribution in [0, 0.1) is 0 Å². The van der Waals surface area contributed by atoms with E-state index in [2.05, 4.69) is 20.9 Å². The molecule has 0 unspecified atom stereocenters. The van der Waals surface area contributed by atoms with Crippen LogP contribution < -0.4 is 16.0 Å². The number of fused-ring (bicyclic) bond motifs is 1. The average Bonchev–Trinajstić information content (AvgIpc) is 3.01. The molecule has 8 nitrogen and oxygen atoms in total. The maximum Gasteiger partial charge on any atom is 0.251 e. The van der Waals surface area contributed by atoms with Crippen LogP contribution in [0.1, 0.15) is 42.1 Å². The first-order valence-electron chi connectivity index (χ1n) is 13.8. The summed E-state index contributed by atoms with van der Waals surface area (Å²) in [5.41, 5.74) is 2.97. The first-order valence-corrected chi connectivity index (χ1v) is 13.8. The summed E-state index contributed by atoms with van der Waals surface area (Å²) in [6, 6.07) is 25.5. The van der Waals surface area contributed by atoms with Gasteiger partial charge in [-0.15, -0.1) is 0 Å². The number of pyridine rings is 1. The van der Waals surface area contributed by atoms with E-state index in [1.54, 1.807) is 18.3 Å². The third-order valence-corrected chi connectivity index (χ3v) is 6.67. The van der Waals surface area contributed by atoms with Gasteiger partial charge < -0.3 is 16.0 Å². The molecule has 1 aromatic heterocycles. The number of unbranched alkanes of at least 4 members (excludes halogenated alkanes) is 1. The lowest BCUT2D eigenvalue weighted by atomic mass is 10.0. The Hall–Kier alpha value is -4.85. The van der Waals surface area contributed by atoms with Gasteiger partial charge in [-0.25, -0.2) is 0 Å². The summed E-state index contributed by atoms with van der Waals surface area (Å²) >= 11 is 0. The molecule has 4 rings (SSSR count). The van der Waals surface area contributed by atoms with Gasteiger partial charge in [0.05, 0.1) is 25.2 Å². The van der Waals surface area contributed by atoms with Crippen LogP contribution in [0.25, 0.3) is 22.0 Å². The molecule has 210 valence electrons. The van der Waals surface area contributed by atoms with E-state index in [-0.39, 0.29) is 37.1 Å². The van der Waals surface area contributed by atoms with Crippen molar-refractivity contribution >= 4 is 34.3 Å². The van der Waals surface area contributed by atoms with Crippen LogP contribution in [0.5, 0.6) is 0 Å². The summed E-state index contributed by atoms with van der Waals surface area (Å²) in [6.07, 6.45) is 3.86. The van der Waals surface area contributed by atoms with Gasteiger partial charge in [0.15, 0.2) is 5.78 Å². The van der Waals surface area contributed by atoms with Crippen LogP contribution in [-0.4, -0.2) is 47.6 Å². The Morgan fingerprint density at radius 3 is 2.37 bits per heavy atom. The minimum absolute atomic E-state index is 0.111. The summed E-state index contributed by atoms with van der Waals surface area (Å²) in [7, 11) is 0. The second-order valence-electron chi connectivity index (χ2n) is 9.86. The van der Waals surface area contributed by atoms with E-state index in [4.69, 9.17) is 0 Å². The largest absolute Gasteiger partial charge is 0.349 e. The second kappa shape index (κ2) is 14.5. The molecule has 0 aliphatic heterocycles. The van der Waals surface area contributed by atoms with Crippen molar-refractivity contribution in [2.75, 3.05) is 13.1 Å². The van der Waals surface area contributed by atoms with E-state index in [0.717, 1.165) is 40.4 Å². The fourth-order valence-electron chi connectivity index (χ4n) is 4.44. The van der Waals surface area contributed by atoms with Crippen molar-refractivity contribution in [2.45, 2.75) is 38.6 Å². The van der Waals surface area contributed by atoms with Crippen molar-refractivity contribution in [3.05, 3.63) is 102 Å². The molecule has 1 heterocycles. The Bertz CT molecular complexity index is 1520. The Kier molecular flexibility index (Phi) is 10.3. The topological polar surface area (TPSA) is 117 Å². The quantitative estimate of drug-likeness (QED) is 0.230. The van der Waals surface area contributed by atoms with E-state index < -0.39 is 11.9 Å². The minimum Gasteiger partial charge on any atom is -0.349 e. The van der Waals surface area contributed by atoms with E-state index in [1.807, 2.05) is 79.7 Å². The number of amides is 3. The molecule has 8 heteroatoms. The molecular formula is C33H34N4O4. The molecule has 0 spiro atoms. The highest BCUT2D eigenvalue weighted by atomic mass is 16.2. The normalized spacial score (nSPS) is 11.4. The molecule has 0 aliphatic rings. The summed E-state index contributed by atoms with van der Waals surface area (Å²) in [6.45, 7) is 1.55. The van der Waals surface area contributed by atoms with E-state index in [9.17, 15) is 19.2 Å². The zero-order chi connectivity index (χ0) is 29.0. The molecular weight excluding hydrogens is 516 g/mol. The molecule has 0 saturated carbocycles. The molecule has 3 amide bonds. The average molecular weight is 551 g/mol. The van der Waals surface area contributed by atoms with Crippen molar-refractivity contribution in [2.24, 2.45) is 0 Å². The fraction of sp³-hybridized carbons (Fsp3) is 0.242. The third kappa shape index (κ3) is 8.57. The van der Waals surface area contributed by atoms with Crippen molar-refractivity contribution in [1.29, 1.82) is 0 Å². The monoisotopic (exact) mass is 550 g/mol. The van der Waals surface area contributed by atoms with E-state index in [0.29, 0.717) is 12.0 Å². The highest BCUT2D eigenvalue weighted by molar-refractivity contribution is 6.01. The van der Waals surface area contributed by atoms with Crippen LogP contribution in [0.15, 0.2) is 91.1 Å². The predicted molar refractivity (Wildman–Crippen MR) is 159 cm³/mol. The van der Waals surface area contributed by atoms with E-state index in [1.165, 1.54) is 0 Å². The molecule has 3 N–H and O–H groups in total. The number of nitrogens with zero attached hydrogens (tertiary/aromatic N) is 1. The Morgan fingerprint density at radius 2 is 1.59 bits per heavy atom. The lowest BCUT2D eigenvalue weighted by Gasteiger charge is -2.18. The Labute approximate surface area is 239 Å². The molecule has 0 fully saturated rings. The first-order chi connectivity index (χ1) is 19.9. The number of carbonyl (C=O) groups is 4. The number of hydrogen-bond donors (Lipinski definition) is 3. The van der Waals surface area contributed by atoms with Crippen LogP contribution >= 0.6 is 0 Å². The van der Waals surface area contributed by atoms with Gasteiger partial charge in [-0.05, 0) is 53.1 Å². The number of aromatic nitrogens is 1. The van der Waals surface area contributed by atoms with Gasteiger partial charge in [0.25, 0.3) is 5.91 Å². The minimum atomic E-state index is -0.775. The molecule has 1 atom stereocenters. The first kappa shape index (κ1) is 29.1. The second-order valence-corrected chi connectivity index (χ2v) is 9.86. The maximum atomic E-state index is 12.9. The summed E-state index contributed by atoms with van der Waals surface area (Å²) in [4.78, 5) is 55.0. The summed E-state index contributed by atoms with van der Waals surface area (Å²) in [5, 5.41) is 10.0. The Balaban J connectivity index is 1.25. The highest BCUT2D eigenvalue weighted by Crippen LogP contribution is 2.18. The predicted octanol–water partition coefficient (Wildman–Crippen LogP) is 4.23. The molecule has 0 saturated heterocycles. The van der Waals surface area contributed by atoms with Crippen molar-refractivity contribution < 1.29 is 19.2 Å². The van der Waals surface area contributed by atoms with Crippen LogP contribution in [0.3, 0.4) is 0 Å². The number of carbonyl (C=O) groups excluding carboxylic acids is 4. The van der Waals surface area contributed by atoms with Gasteiger partial charge in [0.2, 0.25) is 11.8 Å². The summed E-state index contributed by atoms with van der Waals surface area (Å²) in [5.74, 6) is -1.42. The molecule has 0 aliphatic carbocycles. The van der Waals surface area contributed by atoms with E-state index >= 15 is 0 Å². The van der Waals surface area contributed by atoms with Gasteiger partial charge in [0.1, 0.15) is 6.04 Å².